The highest BCUT2D eigenvalue weighted by molar-refractivity contribution is 5.95. The third-order valence-corrected chi connectivity index (χ3v) is 6.24. The van der Waals surface area contributed by atoms with Gasteiger partial charge in [-0.1, -0.05) is 50.6 Å². The van der Waals surface area contributed by atoms with E-state index in [-0.39, 0.29) is 18.9 Å². The molecule has 1 fully saturated rings. The van der Waals surface area contributed by atoms with E-state index >= 15 is 0 Å². The van der Waals surface area contributed by atoms with Crippen LogP contribution in [0.3, 0.4) is 0 Å². The highest BCUT2D eigenvalue weighted by Crippen LogP contribution is 2.20. The van der Waals surface area contributed by atoms with Gasteiger partial charge in [0, 0.05) is 13.0 Å². The van der Waals surface area contributed by atoms with Crippen LogP contribution in [0.1, 0.15) is 45.1 Å². The summed E-state index contributed by atoms with van der Waals surface area (Å²) >= 11 is 0. The summed E-state index contributed by atoms with van der Waals surface area (Å²) < 4.78 is 0. The smallest absolute Gasteiger partial charge is 0.326 e. The van der Waals surface area contributed by atoms with Crippen LogP contribution in [-0.4, -0.2) is 75.5 Å². The molecule has 1 heterocycles. The van der Waals surface area contributed by atoms with E-state index in [2.05, 4.69) is 10.6 Å². The average molecular weight is 491 g/mol. The number of nitrogens with one attached hydrogen (secondary N) is 2. The molecule has 1 aliphatic heterocycles. The Kier molecular flexibility index (Phi) is 10.2. The summed E-state index contributed by atoms with van der Waals surface area (Å²) in [5.41, 5.74) is 6.41. The number of carboxylic acid groups (broad SMARTS) is 2. The van der Waals surface area contributed by atoms with Crippen molar-refractivity contribution < 1.29 is 34.2 Å². The molecular weight excluding hydrogens is 456 g/mol. The van der Waals surface area contributed by atoms with E-state index in [0.29, 0.717) is 19.3 Å². The number of hydrogen-bond donors (Lipinski definition) is 5. The van der Waals surface area contributed by atoms with Gasteiger partial charge in [-0.15, -0.1) is 0 Å². The number of carbonyl (C=O) groups is 5. The van der Waals surface area contributed by atoms with Gasteiger partial charge in [0.05, 0.1) is 12.5 Å². The van der Waals surface area contributed by atoms with Crippen LogP contribution >= 0.6 is 0 Å². The molecule has 3 amide bonds. The number of carboxylic acids is 2. The lowest BCUT2D eigenvalue weighted by molar-refractivity contribution is -0.149. The van der Waals surface area contributed by atoms with Crippen LogP contribution in [0, 0.1) is 5.92 Å². The number of benzene rings is 1. The number of hydrogen-bond acceptors (Lipinski definition) is 6. The second-order valence-electron chi connectivity index (χ2n) is 8.85. The molecule has 1 saturated heterocycles. The molecular formula is C24H34N4O7. The summed E-state index contributed by atoms with van der Waals surface area (Å²) in [4.78, 5) is 62.9. The first-order chi connectivity index (χ1) is 16.5. The molecule has 1 aliphatic rings. The van der Waals surface area contributed by atoms with E-state index in [0.717, 1.165) is 5.56 Å². The number of nitrogens with two attached hydrogens (primary N) is 1. The van der Waals surface area contributed by atoms with Crippen molar-refractivity contribution in [1.82, 2.24) is 15.5 Å². The number of likely N-dealkylation sites (tertiary alicyclic amines) is 1. The monoisotopic (exact) mass is 490 g/mol. The molecule has 2 rings (SSSR count). The van der Waals surface area contributed by atoms with Crippen LogP contribution in [-0.2, 0) is 30.4 Å². The maximum Gasteiger partial charge on any atom is 0.326 e. The van der Waals surface area contributed by atoms with Gasteiger partial charge in [-0.25, -0.2) is 4.79 Å². The molecule has 0 aromatic heterocycles. The molecule has 0 aliphatic carbocycles. The molecule has 11 nitrogen and oxygen atoms in total. The van der Waals surface area contributed by atoms with Crippen molar-refractivity contribution in [2.75, 3.05) is 6.54 Å². The van der Waals surface area contributed by atoms with Gasteiger partial charge in [0.1, 0.15) is 18.1 Å². The fraction of sp³-hybridized carbons (Fsp3) is 0.542. The van der Waals surface area contributed by atoms with Gasteiger partial charge in [-0.2, -0.15) is 0 Å². The lowest BCUT2D eigenvalue weighted by atomic mass is 9.96. The Labute approximate surface area is 204 Å². The summed E-state index contributed by atoms with van der Waals surface area (Å²) in [6, 6.07) is 4.57. The van der Waals surface area contributed by atoms with E-state index in [9.17, 15) is 29.1 Å². The SMILES string of the molecule is CCC(C)C(NC(=O)C(N)CC(=O)O)C(=O)NC(Cc1ccccc1)C(=O)N1CCCC1C(=O)O. The first-order valence-corrected chi connectivity index (χ1v) is 11.7. The third kappa shape index (κ3) is 7.78. The van der Waals surface area contributed by atoms with Crippen LogP contribution in [0.2, 0.25) is 0 Å². The minimum Gasteiger partial charge on any atom is -0.481 e. The van der Waals surface area contributed by atoms with E-state index in [1.165, 1.54) is 4.90 Å². The maximum absolute atomic E-state index is 13.4. The second kappa shape index (κ2) is 12.8. The molecule has 5 unspecified atom stereocenters. The zero-order chi connectivity index (χ0) is 26.1. The fourth-order valence-electron chi connectivity index (χ4n) is 4.04. The van der Waals surface area contributed by atoms with Crippen LogP contribution in [0.4, 0.5) is 0 Å². The lowest BCUT2D eigenvalue weighted by Gasteiger charge is -2.30. The Morgan fingerprint density at radius 1 is 1.09 bits per heavy atom. The number of aliphatic carboxylic acids is 2. The van der Waals surface area contributed by atoms with Gasteiger partial charge >= 0.3 is 11.9 Å². The van der Waals surface area contributed by atoms with Gasteiger partial charge in [0.15, 0.2) is 0 Å². The lowest BCUT2D eigenvalue weighted by Crippen LogP contribution is -2.59. The van der Waals surface area contributed by atoms with Crippen molar-refractivity contribution in [3.8, 4) is 0 Å². The summed E-state index contributed by atoms with van der Waals surface area (Å²) in [5, 5.41) is 23.6. The minimum absolute atomic E-state index is 0.133. The van der Waals surface area contributed by atoms with Crippen LogP contribution in [0.5, 0.6) is 0 Å². The van der Waals surface area contributed by atoms with Crippen molar-refractivity contribution in [2.45, 2.75) is 70.1 Å². The largest absolute Gasteiger partial charge is 0.481 e. The maximum atomic E-state index is 13.4. The fourth-order valence-corrected chi connectivity index (χ4v) is 4.04. The predicted molar refractivity (Wildman–Crippen MR) is 126 cm³/mol. The van der Waals surface area contributed by atoms with Crippen molar-refractivity contribution in [1.29, 1.82) is 0 Å². The van der Waals surface area contributed by atoms with Crippen molar-refractivity contribution in [3.63, 3.8) is 0 Å². The molecule has 0 spiro atoms. The van der Waals surface area contributed by atoms with Gasteiger partial charge in [-0.3, -0.25) is 19.2 Å². The van der Waals surface area contributed by atoms with E-state index < -0.39 is 60.2 Å². The summed E-state index contributed by atoms with van der Waals surface area (Å²) in [7, 11) is 0. The van der Waals surface area contributed by atoms with Gasteiger partial charge in [-0.05, 0) is 24.3 Å². The minimum atomic E-state index is -1.34. The third-order valence-electron chi connectivity index (χ3n) is 6.24. The Bertz CT molecular complexity index is 924. The van der Waals surface area contributed by atoms with Crippen LogP contribution < -0.4 is 16.4 Å². The molecule has 11 heteroatoms. The summed E-state index contributed by atoms with van der Waals surface area (Å²) in [5.74, 6) is -4.62. The molecule has 5 atom stereocenters. The number of nitrogens with zero attached hydrogens (tertiary/aromatic N) is 1. The van der Waals surface area contributed by atoms with Gasteiger partial charge in [0.25, 0.3) is 0 Å². The number of rotatable bonds is 12. The molecule has 192 valence electrons. The number of amides is 3. The summed E-state index contributed by atoms with van der Waals surface area (Å²) in [6.07, 6.45) is 0.925. The molecule has 0 radical (unpaired) electrons. The Morgan fingerprint density at radius 2 is 1.74 bits per heavy atom. The van der Waals surface area contributed by atoms with Crippen molar-refractivity contribution in [2.24, 2.45) is 11.7 Å². The number of carbonyl (C=O) groups excluding carboxylic acids is 3. The quantitative estimate of drug-likeness (QED) is 0.274. The van der Waals surface area contributed by atoms with Gasteiger partial charge in [0.2, 0.25) is 17.7 Å². The van der Waals surface area contributed by atoms with E-state index in [1.54, 1.807) is 31.2 Å². The average Bonchev–Trinajstić information content (AvgIpc) is 3.31. The first-order valence-electron chi connectivity index (χ1n) is 11.7. The zero-order valence-corrected chi connectivity index (χ0v) is 20.0. The van der Waals surface area contributed by atoms with Crippen LogP contribution in [0.25, 0.3) is 0 Å². The molecule has 1 aromatic rings. The molecule has 1 aromatic carbocycles. The van der Waals surface area contributed by atoms with Crippen LogP contribution in [0.15, 0.2) is 30.3 Å². The highest BCUT2D eigenvalue weighted by Gasteiger charge is 2.39. The van der Waals surface area contributed by atoms with Crippen molar-refractivity contribution in [3.05, 3.63) is 35.9 Å². The Balaban J connectivity index is 2.26. The molecule has 0 saturated carbocycles. The highest BCUT2D eigenvalue weighted by atomic mass is 16.4. The van der Waals surface area contributed by atoms with E-state index in [1.807, 2.05) is 13.0 Å². The Hall–Kier alpha value is -3.47. The standard InChI is InChI=1S/C24H34N4O7/c1-3-14(2)20(27-21(31)16(25)13-19(29)30)22(32)26-17(12-15-8-5-4-6-9-15)23(33)28-11-7-10-18(28)24(34)35/h4-6,8-9,14,16-18,20H,3,7,10-13,25H2,1-2H3,(H,26,32)(H,27,31)(H,29,30)(H,34,35). The topological polar surface area (TPSA) is 179 Å². The summed E-state index contributed by atoms with van der Waals surface area (Å²) in [6.45, 7) is 3.83. The molecule has 35 heavy (non-hydrogen) atoms. The normalized spacial score (nSPS) is 18.7. The first kappa shape index (κ1) is 27.8. The Morgan fingerprint density at radius 3 is 2.31 bits per heavy atom. The van der Waals surface area contributed by atoms with Gasteiger partial charge < -0.3 is 31.5 Å². The van der Waals surface area contributed by atoms with E-state index in [4.69, 9.17) is 10.8 Å². The zero-order valence-electron chi connectivity index (χ0n) is 20.0. The van der Waals surface area contributed by atoms with Crippen molar-refractivity contribution >= 4 is 29.7 Å². The molecule has 0 bridgehead atoms. The molecule has 6 N–H and O–H groups in total. The second-order valence-corrected chi connectivity index (χ2v) is 8.85. The predicted octanol–water partition coefficient (Wildman–Crippen LogP) is 0.122.